The zero-order valence-corrected chi connectivity index (χ0v) is 9.42. The van der Waals surface area contributed by atoms with E-state index in [1.807, 2.05) is 34.6 Å². The minimum Gasteiger partial charge on any atom is -0.481 e. The second-order valence-corrected chi connectivity index (χ2v) is 4.01. The van der Waals surface area contributed by atoms with Gasteiger partial charge in [-0.2, -0.15) is 0 Å². The molecule has 0 aromatic carbocycles. The number of carbonyl (C=O) groups is 1. The van der Waals surface area contributed by atoms with Crippen LogP contribution in [0.3, 0.4) is 0 Å². The molecule has 3 heteroatoms. The van der Waals surface area contributed by atoms with Crippen LogP contribution >= 0.6 is 0 Å². The van der Waals surface area contributed by atoms with Crippen LogP contribution in [0.4, 0.5) is 0 Å². The van der Waals surface area contributed by atoms with E-state index in [4.69, 9.17) is 5.11 Å². The molecule has 0 amide bonds. The van der Waals surface area contributed by atoms with Crippen molar-refractivity contribution in [1.29, 1.82) is 0 Å². The predicted molar refractivity (Wildman–Crippen MR) is 55.1 cm³/mol. The Hall–Kier alpha value is -0.570. The Balaban J connectivity index is 0. The van der Waals surface area contributed by atoms with Gasteiger partial charge in [0.1, 0.15) is 0 Å². The van der Waals surface area contributed by atoms with Crippen LogP contribution in [0.15, 0.2) is 0 Å². The maximum absolute atomic E-state index is 11.1. The predicted octanol–water partition coefficient (Wildman–Crippen LogP) is 2.94. The first-order valence-corrected chi connectivity index (χ1v) is 4.63. The molecule has 0 fully saturated rings. The van der Waals surface area contributed by atoms with Gasteiger partial charge in [-0.25, -0.2) is 0 Å². The van der Waals surface area contributed by atoms with E-state index in [-0.39, 0.29) is 18.0 Å². The zero-order valence-electron chi connectivity index (χ0n) is 9.42. The Morgan fingerprint density at radius 3 is 1.54 bits per heavy atom. The van der Waals surface area contributed by atoms with Crippen molar-refractivity contribution in [2.24, 2.45) is 17.3 Å². The topological polar surface area (TPSA) is 72.3 Å². The monoisotopic (exact) mass is 189 g/mol. The van der Waals surface area contributed by atoms with Crippen LogP contribution in [-0.4, -0.2) is 11.1 Å². The lowest BCUT2D eigenvalue weighted by Gasteiger charge is -2.36. The van der Waals surface area contributed by atoms with Crippen molar-refractivity contribution in [3.05, 3.63) is 0 Å². The molecule has 0 aliphatic carbocycles. The molecule has 4 N–H and O–H groups in total. The molecule has 3 nitrogen and oxygen atoms in total. The molecule has 13 heavy (non-hydrogen) atoms. The first-order valence-electron chi connectivity index (χ1n) is 4.63. The third-order valence-electron chi connectivity index (χ3n) is 3.04. The molecule has 0 rings (SSSR count). The molecule has 0 aromatic rings. The summed E-state index contributed by atoms with van der Waals surface area (Å²) in [6.45, 7) is 9.89. The van der Waals surface area contributed by atoms with Crippen LogP contribution in [0.2, 0.25) is 0 Å². The van der Waals surface area contributed by atoms with E-state index in [1.54, 1.807) is 0 Å². The second kappa shape index (κ2) is 5.22. The molecule has 0 aromatic heterocycles. The van der Waals surface area contributed by atoms with Gasteiger partial charge in [0.25, 0.3) is 0 Å². The lowest BCUT2D eigenvalue weighted by atomic mass is 9.67. The highest BCUT2D eigenvalue weighted by molar-refractivity contribution is 5.75. The Morgan fingerprint density at radius 2 is 1.54 bits per heavy atom. The largest absolute Gasteiger partial charge is 0.481 e. The third-order valence-corrected chi connectivity index (χ3v) is 3.04. The van der Waals surface area contributed by atoms with Gasteiger partial charge in [-0.15, -0.1) is 0 Å². The van der Waals surface area contributed by atoms with Gasteiger partial charge in [0.2, 0.25) is 0 Å². The van der Waals surface area contributed by atoms with Crippen molar-refractivity contribution in [3.63, 3.8) is 0 Å². The minimum atomic E-state index is -0.657. The van der Waals surface area contributed by atoms with Crippen LogP contribution in [0, 0.1) is 17.3 Å². The van der Waals surface area contributed by atoms with Gasteiger partial charge in [-0.1, -0.05) is 34.6 Å². The van der Waals surface area contributed by atoms with Crippen molar-refractivity contribution >= 4 is 5.97 Å². The molecule has 0 saturated carbocycles. The maximum Gasteiger partial charge on any atom is 0.310 e. The van der Waals surface area contributed by atoms with Crippen molar-refractivity contribution in [3.8, 4) is 0 Å². The zero-order chi connectivity index (χ0) is 9.94. The van der Waals surface area contributed by atoms with Crippen LogP contribution < -0.4 is 6.15 Å². The third kappa shape index (κ3) is 2.44. The first-order chi connectivity index (χ1) is 5.39. The second-order valence-electron chi connectivity index (χ2n) is 4.01. The van der Waals surface area contributed by atoms with Gasteiger partial charge in [-0.3, -0.25) is 4.79 Å². The number of hydrogen-bond donors (Lipinski definition) is 2. The molecule has 0 bridgehead atoms. The number of hydrogen-bond acceptors (Lipinski definition) is 2. The Morgan fingerprint density at radius 1 is 1.23 bits per heavy atom. The number of carboxylic acid groups (broad SMARTS) is 1. The molecule has 0 unspecified atom stereocenters. The summed E-state index contributed by atoms with van der Waals surface area (Å²) in [5, 5.41) is 9.16. The Labute approximate surface area is 81.1 Å². The van der Waals surface area contributed by atoms with Gasteiger partial charge in [0, 0.05) is 0 Å². The summed E-state index contributed by atoms with van der Waals surface area (Å²) in [5.74, 6) is -0.269. The summed E-state index contributed by atoms with van der Waals surface area (Å²) in [6, 6.07) is 0. The van der Waals surface area contributed by atoms with E-state index in [9.17, 15) is 4.79 Å². The Kier molecular flexibility index (Phi) is 6.00. The molecule has 0 saturated heterocycles. The summed E-state index contributed by atoms with van der Waals surface area (Å²) in [7, 11) is 0. The molecule has 0 heterocycles. The molecule has 0 atom stereocenters. The van der Waals surface area contributed by atoms with E-state index in [2.05, 4.69) is 0 Å². The number of rotatable bonds is 4. The fourth-order valence-electron chi connectivity index (χ4n) is 2.13. The van der Waals surface area contributed by atoms with Crippen molar-refractivity contribution in [2.75, 3.05) is 0 Å². The van der Waals surface area contributed by atoms with Crippen LogP contribution in [0.25, 0.3) is 0 Å². The number of carboxylic acids is 1. The molecule has 0 spiro atoms. The summed E-state index contributed by atoms with van der Waals surface area (Å²) < 4.78 is 0. The van der Waals surface area contributed by atoms with Crippen LogP contribution in [0.1, 0.15) is 41.0 Å². The van der Waals surface area contributed by atoms with Crippen molar-refractivity contribution < 1.29 is 9.90 Å². The SMILES string of the molecule is CCC(C(=O)O)(C(C)C)C(C)C.N. The summed E-state index contributed by atoms with van der Waals surface area (Å²) in [5.41, 5.74) is -0.542. The van der Waals surface area contributed by atoms with E-state index >= 15 is 0 Å². The quantitative estimate of drug-likeness (QED) is 0.714. The smallest absolute Gasteiger partial charge is 0.310 e. The molecule has 0 radical (unpaired) electrons. The fraction of sp³-hybridized carbons (Fsp3) is 0.900. The van der Waals surface area contributed by atoms with Gasteiger partial charge >= 0.3 is 5.97 Å². The molecular formula is C10H23NO2. The minimum absolute atomic E-state index is 0. The van der Waals surface area contributed by atoms with Crippen LogP contribution in [-0.2, 0) is 4.79 Å². The summed E-state index contributed by atoms with van der Waals surface area (Å²) in [6.07, 6.45) is 0.706. The van der Waals surface area contributed by atoms with E-state index < -0.39 is 11.4 Å². The van der Waals surface area contributed by atoms with Gasteiger partial charge in [-0.05, 0) is 18.3 Å². The molecule has 0 aliphatic rings. The average Bonchev–Trinajstić information content (AvgIpc) is 1.86. The van der Waals surface area contributed by atoms with E-state index in [1.165, 1.54) is 0 Å². The highest BCUT2D eigenvalue weighted by atomic mass is 16.4. The molecule has 80 valence electrons. The Bertz CT molecular complexity index is 156. The highest BCUT2D eigenvalue weighted by Gasteiger charge is 2.42. The van der Waals surface area contributed by atoms with Gasteiger partial charge in [0.15, 0.2) is 0 Å². The van der Waals surface area contributed by atoms with Gasteiger partial charge in [0.05, 0.1) is 5.41 Å². The van der Waals surface area contributed by atoms with E-state index in [0.29, 0.717) is 6.42 Å². The van der Waals surface area contributed by atoms with Crippen molar-refractivity contribution in [2.45, 2.75) is 41.0 Å². The fourth-order valence-corrected chi connectivity index (χ4v) is 2.13. The maximum atomic E-state index is 11.1. The normalized spacial score (nSPS) is 11.6. The highest BCUT2D eigenvalue weighted by Crippen LogP contribution is 2.39. The summed E-state index contributed by atoms with van der Waals surface area (Å²) in [4.78, 5) is 11.1. The first kappa shape index (κ1) is 14.9. The average molecular weight is 189 g/mol. The lowest BCUT2D eigenvalue weighted by molar-refractivity contribution is -0.155. The molecular weight excluding hydrogens is 166 g/mol. The summed E-state index contributed by atoms with van der Waals surface area (Å²) >= 11 is 0. The van der Waals surface area contributed by atoms with E-state index in [0.717, 1.165) is 0 Å². The molecule has 0 aliphatic heterocycles. The van der Waals surface area contributed by atoms with Crippen LogP contribution in [0.5, 0.6) is 0 Å². The van der Waals surface area contributed by atoms with Gasteiger partial charge < -0.3 is 11.3 Å². The standard InChI is InChI=1S/C10H20O2.H3N/c1-6-10(7(2)3,8(4)5)9(11)12;/h7-8H,6H2,1-5H3,(H,11,12);1H3. The lowest BCUT2D eigenvalue weighted by Crippen LogP contribution is -2.40. The number of aliphatic carboxylic acids is 1. The van der Waals surface area contributed by atoms with Crippen molar-refractivity contribution in [1.82, 2.24) is 6.15 Å².